The first-order valence-corrected chi connectivity index (χ1v) is 7.34. The highest BCUT2D eigenvalue weighted by molar-refractivity contribution is 5.60. The molecule has 0 aliphatic heterocycles. The van der Waals surface area contributed by atoms with E-state index in [1.165, 1.54) is 0 Å². The van der Waals surface area contributed by atoms with E-state index in [0.29, 0.717) is 29.4 Å². The van der Waals surface area contributed by atoms with Gasteiger partial charge < -0.3 is 16.4 Å². The second-order valence-electron chi connectivity index (χ2n) is 4.70. The van der Waals surface area contributed by atoms with Crippen molar-refractivity contribution >= 4 is 17.5 Å². The normalized spacial score (nSPS) is 9.43. The van der Waals surface area contributed by atoms with Crippen LogP contribution in [0, 0.1) is 23.2 Å². The molecule has 0 spiro atoms. The Morgan fingerprint density at radius 1 is 1.26 bits per heavy atom. The number of anilines is 3. The average molecular weight is 306 g/mol. The monoisotopic (exact) mass is 306 g/mol. The van der Waals surface area contributed by atoms with Crippen LogP contribution in [0.3, 0.4) is 0 Å². The van der Waals surface area contributed by atoms with Crippen LogP contribution in [0.1, 0.15) is 24.5 Å². The molecule has 1 heterocycles. The van der Waals surface area contributed by atoms with Gasteiger partial charge in [-0.3, -0.25) is 0 Å². The molecule has 0 atom stereocenters. The summed E-state index contributed by atoms with van der Waals surface area (Å²) in [4.78, 5) is 8.73. The van der Waals surface area contributed by atoms with Crippen LogP contribution in [0.25, 0.3) is 0 Å². The van der Waals surface area contributed by atoms with Gasteiger partial charge in [-0.2, -0.15) is 10.2 Å². The third-order valence-corrected chi connectivity index (χ3v) is 2.93. The first-order chi connectivity index (χ1) is 11.3. The minimum Gasteiger partial charge on any atom is -0.369 e. The summed E-state index contributed by atoms with van der Waals surface area (Å²) in [6, 6.07) is 9.17. The van der Waals surface area contributed by atoms with Crippen LogP contribution in [0.2, 0.25) is 0 Å². The van der Waals surface area contributed by atoms with Crippen molar-refractivity contribution in [3.05, 3.63) is 41.6 Å². The zero-order valence-electron chi connectivity index (χ0n) is 12.9. The molecule has 23 heavy (non-hydrogen) atoms. The zero-order valence-corrected chi connectivity index (χ0v) is 12.9. The molecule has 1 aromatic heterocycles. The number of hydrogen-bond donors (Lipinski definition) is 3. The van der Waals surface area contributed by atoms with Gasteiger partial charge in [-0.1, -0.05) is 18.8 Å². The largest absolute Gasteiger partial charge is 0.369 e. The van der Waals surface area contributed by atoms with Gasteiger partial charge in [0.2, 0.25) is 5.95 Å². The smallest absolute Gasteiger partial charge is 0.229 e. The lowest BCUT2D eigenvalue weighted by molar-refractivity contribution is 0.964. The van der Waals surface area contributed by atoms with E-state index in [0.717, 1.165) is 18.7 Å². The topological polar surface area (TPSA) is 99.6 Å². The lowest BCUT2D eigenvalue weighted by atomic mass is 10.2. The Bertz CT molecular complexity index is 749. The summed E-state index contributed by atoms with van der Waals surface area (Å²) >= 11 is 0. The molecule has 0 saturated heterocycles. The number of benzene rings is 1. The molecule has 0 bridgehead atoms. The van der Waals surface area contributed by atoms with Crippen molar-refractivity contribution in [2.24, 2.45) is 5.73 Å². The van der Waals surface area contributed by atoms with Gasteiger partial charge in [0.05, 0.1) is 29.9 Å². The molecule has 4 N–H and O–H groups in total. The first kappa shape index (κ1) is 16.3. The Morgan fingerprint density at radius 2 is 2.04 bits per heavy atom. The van der Waals surface area contributed by atoms with Crippen molar-refractivity contribution in [3.8, 4) is 17.9 Å². The van der Waals surface area contributed by atoms with E-state index in [9.17, 15) is 0 Å². The SMILES string of the molecule is CCCNc1nc(Nc2ccc(C#N)cc2)ncc1C#CCN. The van der Waals surface area contributed by atoms with Crippen molar-refractivity contribution in [1.82, 2.24) is 9.97 Å². The van der Waals surface area contributed by atoms with Crippen molar-refractivity contribution in [1.29, 1.82) is 5.26 Å². The summed E-state index contributed by atoms with van der Waals surface area (Å²) in [5, 5.41) is 15.2. The van der Waals surface area contributed by atoms with Crippen LogP contribution < -0.4 is 16.4 Å². The summed E-state index contributed by atoms with van der Waals surface area (Å²) < 4.78 is 0. The fourth-order valence-electron chi connectivity index (χ4n) is 1.82. The highest BCUT2D eigenvalue weighted by atomic mass is 15.1. The highest BCUT2D eigenvalue weighted by Crippen LogP contribution is 2.17. The molecule has 0 aliphatic carbocycles. The molecule has 2 aromatic rings. The molecule has 0 saturated carbocycles. The van der Waals surface area contributed by atoms with Gasteiger partial charge >= 0.3 is 0 Å². The van der Waals surface area contributed by atoms with Gasteiger partial charge in [0.25, 0.3) is 0 Å². The lowest BCUT2D eigenvalue weighted by Crippen LogP contribution is -2.07. The predicted molar refractivity (Wildman–Crippen MR) is 91.2 cm³/mol. The average Bonchev–Trinajstić information content (AvgIpc) is 2.59. The van der Waals surface area contributed by atoms with E-state index in [2.05, 4.69) is 45.4 Å². The van der Waals surface area contributed by atoms with Crippen LogP contribution in [0.5, 0.6) is 0 Å². The number of nitrogens with two attached hydrogens (primary N) is 1. The van der Waals surface area contributed by atoms with Crippen molar-refractivity contribution in [3.63, 3.8) is 0 Å². The van der Waals surface area contributed by atoms with Crippen molar-refractivity contribution in [2.45, 2.75) is 13.3 Å². The van der Waals surface area contributed by atoms with E-state index in [1.54, 1.807) is 18.3 Å². The Labute approximate surface area is 135 Å². The van der Waals surface area contributed by atoms with E-state index in [4.69, 9.17) is 11.0 Å². The van der Waals surface area contributed by atoms with Crippen LogP contribution >= 0.6 is 0 Å². The zero-order chi connectivity index (χ0) is 16.5. The second-order valence-corrected chi connectivity index (χ2v) is 4.70. The summed E-state index contributed by atoms with van der Waals surface area (Å²) in [5.41, 5.74) is 7.55. The maximum atomic E-state index is 8.81. The van der Waals surface area contributed by atoms with Crippen molar-refractivity contribution in [2.75, 3.05) is 23.7 Å². The highest BCUT2D eigenvalue weighted by Gasteiger charge is 2.05. The number of hydrogen-bond acceptors (Lipinski definition) is 6. The fraction of sp³-hybridized carbons (Fsp3) is 0.235. The maximum Gasteiger partial charge on any atom is 0.229 e. The molecular weight excluding hydrogens is 288 g/mol. The van der Waals surface area contributed by atoms with Crippen LogP contribution in [0.15, 0.2) is 30.5 Å². The summed E-state index contributed by atoms with van der Waals surface area (Å²) in [6.45, 7) is 3.17. The Morgan fingerprint density at radius 3 is 2.70 bits per heavy atom. The third-order valence-electron chi connectivity index (χ3n) is 2.93. The van der Waals surface area contributed by atoms with E-state index >= 15 is 0 Å². The lowest BCUT2D eigenvalue weighted by Gasteiger charge is -2.10. The van der Waals surface area contributed by atoms with Crippen LogP contribution in [0.4, 0.5) is 17.5 Å². The molecule has 6 nitrogen and oxygen atoms in total. The standard InChI is InChI=1S/C17H18N6/c1-2-10-20-16-14(4-3-9-18)12-21-17(23-16)22-15-7-5-13(11-19)6-8-15/h5-8,12H,2,9-10,18H2,1H3,(H2,20,21,22,23). The molecule has 6 heteroatoms. The van der Waals surface area contributed by atoms with E-state index < -0.39 is 0 Å². The molecule has 0 radical (unpaired) electrons. The molecule has 0 amide bonds. The minimum absolute atomic E-state index is 0.290. The quantitative estimate of drug-likeness (QED) is 0.732. The molecule has 0 unspecified atom stereocenters. The van der Waals surface area contributed by atoms with Gasteiger partial charge in [-0.15, -0.1) is 0 Å². The molecule has 116 valence electrons. The Kier molecular flexibility index (Phi) is 5.93. The summed E-state index contributed by atoms with van der Waals surface area (Å²) in [5.74, 6) is 6.92. The van der Waals surface area contributed by atoms with Crippen molar-refractivity contribution < 1.29 is 0 Å². The maximum absolute atomic E-state index is 8.81. The van der Waals surface area contributed by atoms with Gasteiger partial charge in [0.1, 0.15) is 5.82 Å². The second kappa shape index (κ2) is 8.38. The van der Waals surface area contributed by atoms with Gasteiger partial charge in [-0.05, 0) is 30.7 Å². The molecule has 1 aromatic carbocycles. The van der Waals surface area contributed by atoms with Crippen LogP contribution in [-0.4, -0.2) is 23.1 Å². The number of rotatable bonds is 5. The number of nitrogens with zero attached hydrogens (tertiary/aromatic N) is 3. The van der Waals surface area contributed by atoms with E-state index in [1.807, 2.05) is 12.1 Å². The minimum atomic E-state index is 0.290. The molecule has 0 aliphatic rings. The fourth-order valence-corrected chi connectivity index (χ4v) is 1.82. The number of aromatic nitrogens is 2. The number of nitrogens with one attached hydrogen (secondary N) is 2. The molecular formula is C17H18N6. The summed E-state index contributed by atoms with van der Waals surface area (Å²) in [7, 11) is 0. The number of nitriles is 1. The first-order valence-electron chi connectivity index (χ1n) is 7.34. The van der Waals surface area contributed by atoms with Gasteiger partial charge in [-0.25, -0.2) is 4.98 Å². The summed E-state index contributed by atoms with van der Waals surface area (Å²) in [6.07, 6.45) is 2.64. The third kappa shape index (κ3) is 4.70. The van der Waals surface area contributed by atoms with E-state index in [-0.39, 0.29) is 0 Å². The molecule has 2 rings (SSSR count). The van der Waals surface area contributed by atoms with Gasteiger partial charge in [0.15, 0.2) is 0 Å². The van der Waals surface area contributed by atoms with Crippen LogP contribution in [-0.2, 0) is 0 Å². The Balaban J connectivity index is 2.22. The Hall–Kier alpha value is -3.09. The van der Waals surface area contributed by atoms with Gasteiger partial charge in [0, 0.05) is 12.2 Å². The predicted octanol–water partition coefficient (Wildman–Crippen LogP) is 2.22. The molecule has 0 fully saturated rings.